The molecule has 5 rings (SSSR count). The van der Waals surface area contributed by atoms with Gasteiger partial charge in [0.15, 0.2) is 0 Å². The number of nitrogens with zero attached hydrogens (tertiary/aromatic N) is 4. The van der Waals surface area contributed by atoms with Crippen LogP contribution in [0.1, 0.15) is 55.2 Å². The van der Waals surface area contributed by atoms with Gasteiger partial charge in [-0.25, -0.2) is 9.67 Å². The third kappa shape index (κ3) is 3.16. The fraction of sp³-hybridized carbons (Fsp3) is 0.435. The quantitative estimate of drug-likeness (QED) is 0.729. The van der Waals surface area contributed by atoms with E-state index in [-0.39, 0.29) is 11.8 Å². The summed E-state index contributed by atoms with van der Waals surface area (Å²) in [6.07, 6.45) is 7.24. The molecule has 1 saturated heterocycles. The Kier molecular flexibility index (Phi) is 4.49. The predicted octanol–water partition coefficient (Wildman–Crippen LogP) is 4.14. The largest absolute Gasteiger partial charge is 0.342 e. The van der Waals surface area contributed by atoms with Crippen molar-refractivity contribution >= 4 is 5.91 Å². The van der Waals surface area contributed by atoms with E-state index >= 15 is 0 Å². The summed E-state index contributed by atoms with van der Waals surface area (Å²) in [5, 5.41) is 4.75. The molecule has 1 amide bonds. The number of amides is 1. The van der Waals surface area contributed by atoms with E-state index in [0.29, 0.717) is 12.5 Å². The number of likely N-dealkylation sites (tertiary alicyclic amines) is 1. The van der Waals surface area contributed by atoms with Gasteiger partial charge in [-0.2, -0.15) is 5.10 Å². The molecule has 1 aliphatic carbocycles. The van der Waals surface area contributed by atoms with E-state index in [2.05, 4.69) is 33.9 Å². The highest BCUT2D eigenvalue weighted by molar-refractivity contribution is 5.80. The second-order valence-electron chi connectivity index (χ2n) is 8.36. The standard InChI is InChI=1S/C23H27N5O/c1-15-22(16(2)28(26-15)19-10-4-3-5-11-19)20-13-24-23(25-20)17-12-21(29)27(14-17)18-8-6-7-9-18/h3-5,10-11,13,17-18H,6-9,12,14H2,1-2H3,(H,24,25)/t17-/m1/s1. The lowest BCUT2D eigenvalue weighted by molar-refractivity contribution is -0.129. The summed E-state index contributed by atoms with van der Waals surface area (Å²) in [6.45, 7) is 4.91. The Bertz CT molecular complexity index is 1030. The average molecular weight is 390 g/mol. The number of para-hydroxylation sites is 1. The molecule has 29 heavy (non-hydrogen) atoms. The molecular formula is C23H27N5O. The van der Waals surface area contributed by atoms with Gasteiger partial charge < -0.3 is 9.88 Å². The SMILES string of the molecule is Cc1nn(-c2ccccc2)c(C)c1-c1cnc([C@@H]2CC(=O)N(C3CCCC3)C2)[nH]1. The molecule has 2 fully saturated rings. The molecule has 1 saturated carbocycles. The van der Waals surface area contributed by atoms with Crippen LogP contribution in [0.4, 0.5) is 0 Å². The number of benzene rings is 1. The van der Waals surface area contributed by atoms with Crippen LogP contribution in [0.25, 0.3) is 16.9 Å². The Morgan fingerprint density at radius 1 is 1.10 bits per heavy atom. The molecule has 0 spiro atoms. The van der Waals surface area contributed by atoms with E-state index in [1.54, 1.807) is 0 Å². The third-order valence-electron chi connectivity index (χ3n) is 6.47. The lowest BCUT2D eigenvalue weighted by Crippen LogP contribution is -2.34. The number of H-pyrrole nitrogens is 1. The van der Waals surface area contributed by atoms with Crippen LogP contribution in [-0.2, 0) is 4.79 Å². The predicted molar refractivity (Wildman–Crippen MR) is 112 cm³/mol. The van der Waals surface area contributed by atoms with Crippen LogP contribution in [-0.4, -0.2) is 43.1 Å². The van der Waals surface area contributed by atoms with Crippen molar-refractivity contribution in [2.45, 2.75) is 57.9 Å². The molecule has 6 nitrogen and oxygen atoms in total. The monoisotopic (exact) mass is 389 g/mol. The highest BCUT2D eigenvalue weighted by Gasteiger charge is 2.37. The number of carbonyl (C=O) groups excluding carboxylic acids is 1. The van der Waals surface area contributed by atoms with E-state index in [9.17, 15) is 4.79 Å². The maximum Gasteiger partial charge on any atom is 0.223 e. The van der Waals surface area contributed by atoms with Gasteiger partial charge in [-0.3, -0.25) is 4.79 Å². The fourth-order valence-corrected chi connectivity index (χ4v) is 5.01. The number of imidazole rings is 1. The number of aromatic nitrogens is 4. The molecule has 1 atom stereocenters. The van der Waals surface area contributed by atoms with Crippen molar-refractivity contribution in [3.05, 3.63) is 53.7 Å². The lowest BCUT2D eigenvalue weighted by Gasteiger charge is -2.23. The van der Waals surface area contributed by atoms with Gasteiger partial charge in [0.1, 0.15) is 5.82 Å². The Morgan fingerprint density at radius 2 is 1.86 bits per heavy atom. The van der Waals surface area contributed by atoms with Gasteiger partial charge in [0, 0.05) is 30.5 Å². The van der Waals surface area contributed by atoms with Crippen LogP contribution in [0.2, 0.25) is 0 Å². The Morgan fingerprint density at radius 3 is 2.62 bits per heavy atom. The minimum absolute atomic E-state index is 0.154. The van der Waals surface area contributed by atoms with Crippen molar-refractivity contribution < 1.29 is 4.79 Å². The maximum atomic E-state index is 12.6. The van der Waals surface area contributed by atoms with Gasteiger partial charge in [0.25, 0.3) is 0 Å². The first kappa shape index (κ1) is 18.2. The third-order valence-corrected chi connectivity index (χ3v) is 6.47. The summed E-state index contributed by atoms with van der Waals surface area (Å²) >= 11 is 0. The van der Waals surface area contributed by atoms with Crippen LogP contribution in [0, 0.1) is 13.8 Å². The molecule has 0 unspecified atom stereocenters. The zero-order valence-electron chi connectivity index (χ0n) is 17.1. The molecule has 0 radical (unpaired) electrons. The number of rotatable bonds is 4. The number of aromatic amines is 1. The molecule has 1 aliphatic heterocycles. The van der Waals surface area contributed by atoms with Crippen molar-refractivity contribution in [3.63, 3.8) is 0 Å². The first-order valence-electron chi connectivity index (χ1n) is 10.6. The normalized spacial score (nSPS) is 20.1. The van der Waals surface area contributed by atoms with Gasteiger partial charge in [0.05, 0.1) is 29.0 Å². The summed E-state index contributed by atoms with van der Waals surface area (Å²) in [6, 6.07) is 10.6. The van der Waals surface area contributed by atoms with Gasteiger partial charge in [-0.1, -0.05) is 31.0 Å². The molecule has 1 N–H and O–H groups in total. The summed E-state index contributed by atoms with van der Waals surface area (Å²) in [5.74, 6) is 1.35. The Labute approximate surface area is 171 Å². The maximum absolute atomic E-state index is 12.6. The van der Waals surface area contributed by atoms with Crippen LogP contribution >= 0.6 is 0 Å². The van der Waals surface area contributed by atoms with Gasteiger partial charge >= 0.3 is 0 Å². The minimum atomic E-state index is 0.154. The molecular weight excluding hydrogens is 362 g/mol. The molecule has 150 valence electrons. The second-order valence-corrected chi connectivity index (χ2v) is 8.36. The van der Waals surface area contributed by atoms with Crippen molar-refractivity contribution in [2.75, 3.05) is 6.54 Å². The summed E-state index contributed by atoms with van der Waals surface area (Å²) in [5.41, 5.74) is 5.16. The smallest absolute Gasteiger partial charge is 0.223 e. The molecule has 6 heteroatoms. The molecule has 3 aromatic rings. The zero-order chi connectivity index (χ0) is 20.0. The number of hydrogen-bond donors (Lipinski definition) is 1. The minimum Gasteiger partial charge on any atom is -0.342 e. The first-order chi connectivity index (χ1) is 14.1. The summed E-state index contributed by atoms with van der Waals surface area (Å²) < 4.78 is 1.98. The summed E-state index contributed by atoms with van der Waals surface area (Å²) in [4.78, 5) is 22.8. The topological polar surface area (TPSA) is 66.8 Å². The van der Waals surface area contributed by atoms with Gasteiger partial charge in [-0.15, -0.1) is 0 Å². The van der Waals surface area contributed by atoms with Crippen molar-refractivity contribution in [3.8, 4) is 16.9 Å². The second kappa shape index (κ2) is 7.17. The molecule has 3 heterocycles. The van der Waals surface area contributed by atoms with E-state index in [1.165, 1.54) is 12.8 Å². The van der Waals surface area contributed by atoms with E-state index in [1.807, 2.05) is 36.0 Å². The van der Waals surface area contributed by atoms with Crippen LogP contribution in [0.15, 0.2) is 36.5 Å². The van der Waals surface area contributed by atoms with E-state index < -0.39 is 0 Å². The number of hydrogen-bond acceptors (Lipinski definition) is 3. The zero-order valence-corrected chi connectivity index (χ0v) is 17.1. The van der Waals surface area contributed by atoms with Crippen molar-refractivity contribution in [1.82, 2.24) is 24.6 Å². The Balaban J connectivity index is 1.41. The summed E-state index contributed by atoms with van der Waals surface area (Å²) in [7, 11) is 0. The fourth-order valence-electron chi connectivity index (χ4n) is 5.01. The molecule has 0 bridgehead atoms. The number of aryl methyl sites for hydroxylation is 1. The highest BCUT2D eigenvalue weighted by atomic mass is 16.2. The van der Waals surface area contributed by atoms with Crippen molar-refractivity contribution in [1.29, 1.82) is 0 Å². The Hall–Kier alpha value is -2.89. The van der Waals surface area contributed by atoms with Gasteiger partial charge in [0.2, 0.25) is 5.91 Å². The van der Waals surface area contributed by atoms with E-state index in [0.717, 1.165) is 53.5 Å². The first-order valence-corrected chi connectivity index (χ1v) is 10.6. The van der Waals surface area contributed by atoms with E-state index in [4.69, 9.17) is 5.10 Å². The van der Waals surface area contributed by atoms with Crippen LogP contribution in [0.3, 0.4) is 0 Å². The lowest BCUT2D eigenvalue weighted by atomic mass is 10.1. The van der Waals surface area contributed by atoms with Crippen molar-refractivity contribution in [2.24, 2.45) is 0 Å². The highest BCUT2D eigenvalue weighted by Crippen LogP contribution is 2.34. The van der Waals surface area contributed by atoms with Gasteiger partial charge in [-0.05, 0) is 38.8 Å². The van der Waals surface area contributed by atoms with Crippen LogP contribution < -0.4 is 0 Å². The number of carbonyl (C=O) groups is 1. The molecule has 1 aromatic carbocycles. The average Bonchev–Trinajstić information content (AvgIpc) is 3.49. The number of nitrogens with one attached hydrogen (secondary N) is 1. The molecule has 2 aromatic heterocycles. The van der Waals surface area contributed by atoms with Crippen LogP contribution in [0.5, 0.6) is 0 Å². The molecule has 2 aliphatic rings.